The normalized spacial score (nSPS) is 23.6. The predicted molar refractivity (Wildman–Crippen MR) is 67.0 cm³/mol. The maximum absolute atomic E-state index is 12.4. The number of nitrogens with zero attached hydrogens (tertiary/aromatic N) is 1. The molecule has 1 aliphatic heterocycles. The van der Waals surface area contributed by atoms with Crippen molar-refractivity contribution in [3.05, 3.63) is 0 Å². The predicted octanol–water partition coefficient (Wildman–Crippen LogP) is 1.15. The third kappa shape index (κ3) is 4.63. The summed E-state index contributed by atoms with van der Waals surface area (Å²) in [6, 6.07) is 0. The number of aliphatic hydroxyl groups is 1. The SMILES string of the molecule is O=C(CN1CCC(C(O)C(F)(F)F)CC1)NCC1CC1. The van der Waals surface area contributed by atoms with Crippen LogP contribution in [-0.2, 0) is 4.79 Å². The summed E-state index contributed by atoms with van der Waals surface area (Å²) in [6.45, 7) is 1.80. The lowest BCUT2D eigenvalue weighted by Gasteiger charge is -2.34. The van der Waals surface area contributed by atoms with Crippen LogP contribution < -0.4 is 5.32 Å². The van der Waals surface area contributed by atoms with Gasteiger partial charge >= 0.3 is 6.18 Å². The second kappa shape index (κ2) is 6.30. The molecule has 2 N–H and O–H groups in total. The van der Waals surface area contributed by atoms with Crippen molar-refractivity contribution in [1.82, 2.24) is 10.2 Å². The molecule has 0 spiro atoms. The first-order valence-electron chi connectivity index (χ1n) is 7.10. The van der Waals surface area contributed by atoms with Crippen LogP contribution in [0, 0.1) is 11.8 Å². The van der Waals surface area contributed by atoms with Crippen LogP contribution in [0.25, 0.3) is 0 Å². The van der Waals surface area contributed by atoms with Gasteiger partial charge in [-0.05, 0) is 50.6 Å². The maximum Gasteiger partial charge on any atom is 0.414 e. The lowest BCUT2D eigenvalue weighted by atomic mass is 9.91. The van der Waals surface area contributed by atoms with E-state index in [9.17, 15) is 23.1 Å². The summed E-state index contributed by atoms with van der Waals surface area (Å²) < 4.78 is 37.2. The number of hydrogen-bond acceptors (Lipinski definition) is 3. The molecule has 0 aromatic carbocycles. The van der Waals surface area contributed by atoms with E-state index in [4.69, 9.17) is 0 Å². The fraction of sp³-hybridized carbons (Fsp3) is 0.923. The van der Waals surface area contributed by atoms with Crippen molar-refractivity contribution in [1.29, 1.82) is 0 Å². The molecular weight excluding hydrogens is 273 g/mol. The first-order valence-corrected chi connectivity index (χ1v) is 7.10. The molecule has 1 heterocycles. The van der Waals surface area contributed by atoms with Crippen LogP contribution in [0.2, 0.25) is 0 Å². The topological polar surface area (TPSA) is 52.6 Å². The number of carbonyl (C=O) groups is 1. The van der Waals surface area contributed by atoms with Crippen molar-refractivity contribution >= 4 is 5.91 Å². The second-order valence-corrected chi connectivity index (χ2v) is 5.85. The molecule has 2 rings (SSSR count). The average molecular weight is 294 g/mol. The van der Waals surface area contributed by atoms with E-state index in [1.54, 1.807) is 0 Å². The third-order valence-electron chi connectivity index (χ3n) is 4.07. The fourth-order valence-corrected chi connectivity index (χ4v) is 2.53. The van der Waals surface area contributed by atoms with Gasteiger partial charge < -0.3 is 10.4 Å². The quantitative estimate of drug-likeness (QED) is 0.800. The monoisotopic (exact) mass is 294 g/mol. The molecule has 2 fully saturated rings. The van der Waals surface area contributed by atoms with Crippen molar-refractivity contribution in [2.75, 3.05) is 26.2 Å². The highest BCUT2D eigenvalue weighted by Crippen LogP contribution is 2.31. The van der Waals surface area contributed by atoms with E-state index in [-0.39, 0.29) is 25.3 Å². The molecule has 0 bridgehead atoms. The summed E-state index contributed by atoms with van der Waals surface area (Å²) >= 11 is 0. The van der Waals surface area contributed by atoms with Crippen LogP contribution in [0.3, 0.4) is 0 Å². The number of nitrogens with one attached hydrogen (secondary N) is 1. The number of likely N-dealkylation sites (tertiary alicyclic amines) is 1. The van der Waals surface area contributed by atoms with Gasteiger partial charge in [0.1, 0.15) is 0 Å². The Morgan fingerprint density at radius 1 is 1.25 bits per heavy atom. The number of aliphatic hydroxyl groups excluding tert-OH is 1. The minimum Gasteiger partial charge on any atom is -0.383 e. The Bertz CT molecular complexity index is 337. The molecule has 20 heavy (non-hydrogen) atoms. The Balaban J connectivity index is 1.66. The molecule has 0 radical (unpaired) electrons. The molecule has 1 unspecified atom stereocenters. The van der Waals surface area contributed by atoms with Crippen LogP contribution in [0.1, 0.15) is 25.7 Å². The van der Waals surface area contributed by atoms with Gasteiger partial charge in [0.15, 0.2) is 6.10 Å². The van der Waals surface area contributed by atoms with Crippen molar-refractivity contribution in [3.8, 4) is 0 Å². The Labute approximate surface area is 116 Å². The Kier molecular flexibility index (Phi) is 4.90. The van der Waals surface area contributed by atoms with Gasteiger partial charge in [0, 0.05) is 6.54 Å². The molecule has 4 nitrogen and oxygen atoms in total. The minimum atomic E-state index is -4.55. The highest BCUT2D eigenvalue weighted by molar-refractivity contribution is 5.78. The number of halogens is 3. The molecule has 1 atom stereocenters. The zero-order valence-electron chi connectivity index (χ0n) is 11.3. The summed E-state index contributed by atoms with van der Waals surface area (Å²) in [5.41, 5.74) is 0. The van der Waals surface area contributed by atoms with E-state index in [0.29, 0.717) is 25.6 Å². The second-order valence-electron chi connectivity index (χ2n) is 5.85. The number of amides is 1. The fourth-order valence-electron chi connectivity index (χ4n) is 2.53. The largest absolute Gasteiger partial charge is 0.414 e. The Morgan fingerprint density at radius 2 is 1.85 bits per heavy atom. The number of hydrogen-bond donors (Lipinski definition) is 2. The van der Waals surface area contributed by atoms with Gasteiger partial charge in [-0.2, -0.15) is 13.2 Å². The van der Waals surface area contributed by atoms with Crippen LogP contribution in [0.15, 0.2) is 0 Å². The molecule has 0 aromatic rings. The molecule has 1 saturated heterocycles. The van der Waals surface area contributed by atoms with Crippen molar-refractivity contribution in [2.45, 2.75) is 38.0 Å². The first kappa shape index (κ1) is 15.6. The van der Waals surface area contributed by atoms with Crippen LogP contribution in [-0.4, -0.2) is 54.4 Å². The molecule has 1 amide bonds. The van der Waals surface area contributed by atoms with Crippen LogP contribution in [0.4, 0.5) is 13.2 Å². The van der Waals surface area contributed by atoms with E-state index < -0.39 is 18.2 Å². The van der Waals surface area contributed by atoms with Gasteiger partial charge in [0.2, 0.25) is 5.91 Å². The van der Waals surface area contributed by atoms with Gasteiger partial charge in [0.25, 0.3) is 0 Å². The summed E-state index contributed by atoms with van der Waals surface area (Å²) in [7, 11) is 0. The van der Waals surface area contributed by atoms with Gasteiger partial charge in [-0.3, -0.25) is 9.69 Å². The molecule has 116 valence electrons. The summed E-state index contributed by atoms with van der Waals surface area (Å²) in [5.74, 6) is -0.195. The molecule has 1 aliphatic carbocycles. The summed E-state index contributed by atoms with van der Waals surface area (Å²) in [4.78, 5) is 13.5. The van der Waals surface area contributed by atoms with Crippen LogP contribution >= 0.6 is 0 Å². The summed E-state index contributed by atoms with van der Waals surface area (Å²) in [6.07, 6.45) is -3.91. The highest BCUT2D eigenvalue weighted by atomic mass is 19.4. The molecular formula is C13H21F3N2O2. The van der Waals surface area contributed by atoms with Crippen molar-refractivity contribution in [2.24, 2.45) is 11.8 Å². The number of carbonyl (C=O) groups excluding carboxylic acids is 1. The van der Waals surface area contributed by atoms with E-state index in [1.807, 2.05) is 4.90 Å². The summed E-state index contributed by atoms with van der Waals surface area (Å²) in [5, 5.41) is 12.0. The lowest BCUT2D eigenvalue weighted by molar-refractivity contribution is -0.223. The zero-order valence-corrected chi connectivity index (χ0v) is 11.3. The molecule has 7 heteroatoms. The first-order chi connectivity index (χ1) is 9.36. The van der Waals surface area contributed by atoms with Gasteiger partial charge in [-0.15, -0.1) is 0 Å². The number of alkyl halides is 3. The van der Waals surface area contributed by atoms with Crippen molar-refractivity contribution < 1.29 is 23.1 Å². The average Bonchev–Trinajstić information content (AvgIpc) is 3.19. The third-order valence-corrected chi connectivity index (χ3v) is 4.07. The number of piperidine rings is 1. The highest BCUT2D eigenvalue weighted by Gasteiger charge is 2.44. The lowest BCUT2D eigenvalue weighted by Crippen LogP contribution is -2.46. The Morgan fingerprint density at radius 3 is 2.35 bits per heavy atom. The smallest absolute Gasteiger partial charge is 0.383 e. The van der Waals surface area contributed by atoms with E-state index in [1.165, 1.54) is 12.8 Å². The van der Waals surface area contributed by atoms with Gasteiger partial charge in [0.05, 0.1) is 6.54 Å². The molecule has 2 aliphatic rings. The van der Waals surface area contributed by atoms with Crippen molar-refractivity contribution in [3.63, 3.8) is 0 Å². The van der Waals surface area contributed by atoms with Crippen LogP contribution in [0.5, 0.6) is 0 Å². The standard InChI is InChI=1S/C13H21F3N2O2/c14-13(15,16)12(20)10-3-5-18(6-4-10)8-11(19)17-7-9-1-2-9/h9-10,12,20H,1-8H2,(H,17,19). The zero-order chi connectivity index (χ0) is 14.8. The van der Waals surface area contributed by atoms with E-state index in [2.05, 4.69) is 5.32 Å². The van der Waals surface area contributed by atoms with E-state index in [0.717, 1.165) is 0 Å². The van der Waals surface area contributed by atoms with E-state index >= 15 is 0 Å². The number of rotatable bonds is 5. The van der Waals surface area contributed by atoms with Gasteiger partial charge in [-0.1, -0.05) is 0 Å². The maximum atomic E-state index is 12.4. The Hall–Kier alpha value is -0.820. The minimum absolute atomic E-state index is 0.0632. The molecule has 0 aromatic heterocycles. The van der Waals surface area contributed by atoms with Gasteiger partial charge in [-0.25, -0.2) is 0 Å². The molecule has 1 saturated carbocycles.